The molecule has 1 N–H and O–H groups in total. The maximum absolute atomic E-state index is 12.0. The zero-order valence-electron chi connectivity index (χ0n) is 10.3. The van der Waals surface area contributed by atoms with Gasteiger partial charge in [-0.05, 0) is 18.8 Å². The van der Waals surface area contributed by atoms with Gasteiger partial charge in [0.25, 0.3) is 0 Å². The number of aromatic nitrogens is 1. The maximum Gasteiger partial charge on any atom is 0.355 e. The zero-order valence-corrected chi connectivity index (χ0v) is 11.1. The van der Waals surface area contributed by atoms with E-state index in [-0.39, 0.29) is 18.0 Å². The first kappa shape index (κ1) is 13.0. The third kappa shape index (κ3) is 3.07. The highest BCUT2D eigenvalue weighted by atomic mass is 32.1. The summed E-state index contributed by atoms with van der Waals surface area (Å²) in [6, 6.07) is 0. The average molecular weight is 268 g/mol. The molecule has 0 atom stereocenters. The highest BCUT2D eigenvalue weighted by Crippen LogP contribution is 2.18. The summed E-state index contributed by atoms with van der Waals surface area (Å²) < 4.78 is 0. The molecule has 5 nitrogen and oxygen atoms in total. The lowest BCUT2D eigenvalue weighted by Gasteiger charge is -2.30. The fourth-order valence-electron chi connectivity index (χ4n) is 1.99. The highest BCUT2D eigenvalue weighted by molar-refractivity contribution is 7.09. The normalized spacial score (nSPS) is 16.8. The molecule has 1 fully saturated rings. The van der Waals surface area contributed by atoms with Crippen LogP contribution in [0.4, 0.5) is 0 Å². The minimum atomic E-state index is -1.04. The molecule has 1 aromatic rings. The van der Waals surface area contributed by atoms with Gasteiger partial charge in [0.05, 0.1) is 6.42 Å². The van der Waals surface area contributed by atoms with Crippen LogP contribution in [0.5, 0.6) is 0 Å². The summed E-state index contributed by atoms with van der Waals surface area (Å²) in [6.45, 7) is 3.80. The van der Waals surface area contributed by atoms with E-state index in [4.69, 9.17) is 5.11 Å². The highest BCUT2D eigenvalue weighted by Gasteiger charge is 2.21. The standard InChI is InChI=1S/C12H16N2O3S/c1-8-2-4-14(5-3-8)11(15)6-10-13-9(7-18-10)12(16)17/h7-8H,2-6H2,1H3,(H,16,17). The molecule has 0 aromatic carbocycles. The van der Waals surface area contributed by atoms with Crippen molar-refractivity contribution in [3.63, 3.8) is 0 Å². The molecule has 0 saturated carbocycles. The van der Waals surface area contributed by atoms with E-state index < -0.39 is 5.97 Å². The summed E-state index contributed by atoms with van der Waals surface area (Å²) in [7, 11) is 0. The monoisotopic (exact) mass is 268 g/mol. The molecule has 1 aromatic heterocycles. The Morgan fingerprint density at radius 3 is 2.72 bits per heavy atom. The van der Waals surface area contributed by atoms with Crippen LogP contribution in [0, 0.1) is 5.92 Å². The topological polar surface area (TPSA) is 70.5 Å². The van der Waals surface area contributed by atoms with Crippen LogP contribution in [0.15, 0.2) is 5.38 Å². The van der Waals surface area contributed by atoms with Crippen LogP contribution >= 0.6 is 11.3 Å². The first-order valence-electron chi connectivity index (χ1n) is 6.01. The minimum Gasteiger partial charge on any atom is -0.476 e. The number of piperidine rings is 1. The van der Waals surface area contributed by atoms with Crippen LogP contribution in [0.25, 0.3) is 0 Å². The number of carboxylic acids is 1. The van der Waals surface area contributed by atoms with E-state index in [2.05, 4.69) is 11.9 Å². The molecule has 2 heterocycles. The molecule has 0 bridgehead atoms. The van der Waals surface area contributed by atoms with E-state index in [0.717, 1.165) is 25.9 Å². The Labute approximate surface area is 109 Å². The summed E-state index contributed by atoms with van der Waals surface area (Å²) in [5.74, 6) is -0.308. The van der Waals surface area contributed by atoms with Crippen molar-refractivity contribution in [2.75, 3.05) is 13.1 Å². The van der Waals surface area contributed by atoms with E-state index >= 15 is 0 Å². The van der Waals surface area contributed by atoms with E-state index in [0.29, 0.717) is 10.9 Å². The second-order valence-corrected chi connectivity index (χ2v) is 5.61. The smallest absolute Gasteiger partial charge is 0.355 e. The zero-order chi connectivity index (χ0) is 13.1. The first-order chi connectivity index (χ1) is 8.56. The number of rotatable bonds is 3. The van der Waals surface area contributed by atoms with E-state index in [1.54, 1.807) is 0 Å². The van der Waals surface area contributed by atoms with Gasteiger partial charge in [0.15, 0.2) is 5.69 Å². The molecule has 1 aliphatic heterocycles. The Balaban J connectivity index is 1.92. The molecule has 0 spiro atoms. The summed E-state index contributed by atoms with van der Waals surface area (Å²) in [6.07, 6.45) is 2.31. The van der Waals surface area contributed by atoms with Crippen molar-refractivity contribution in [1.29, 1.82) is 0 Å². The van der Waals surface area contributed by atoms with Crippen molar-refractivity contribution in [2.24, 2.45) is 5.92 Å². The first-order valence-corrected chi connectivity index (χ1v) is 6.89. The number of carbonyl (C=O) groups excluding carboxylic acids is 1. The van der Waals surface area contributed by atoms with Gasteiger partial charge in [0, 0.05) is 18.5 Å². The van der Waals surface area contributed by atoms with Gasteiger partial charge in [0.1, 0.15) is 5.01 Å². The molecule has 0 radical (unpaired) electrons. The van der Waals surface area contributed by atoms with Crippen molar-refractivity contribution >= 4 is 23.2 Å². The Bertz CT molecular complexity index is 450. The number of likely N-dealkylation sites (tertiary alicyclic amines) is 1. The predicted octanol–water partition coefficient (Wildman–Crippen LogP) is 1.64. The van der Waals surface area contributed by atoms with Gasteiger partial charge in [-0.2, -0.15) is 0 Å². The number of thiazole rings is 1. The minimum absolute atomic E-state index is 0.0232. The van der Waals surface area contributed by atoms with Gasteiger partial charge >= 0.3 is 5.97 Å². The number of hydrogen-bond acceptors (Lipinski definition) is 4. The lowest BCUT2D eigenvalue weighted by atomic mass is 9.99. The second kappa shape index (κ2) is 5.48. The van der Waals surface area contributed by atoms with Gasteiger partial charge in [0.2, 0.25) is 5.91 Å². The fourth-order valence-corrected chi connectivity index (χ4v) is 2.75. The lowest BCUT2D eigenvalue weighted by molar-refractivity contribution is -0.131. The number of carboxylic acid groups (broad SMARTS) is 1. The van der Waals surface area contributed by atoms with Crippen molar-refractivity contribution < 1.29 is 14.7 Å². The van der Waals surface area contributed by atoms with Crippen LogP contribution in [-0.4, -0.2) is 40.0 Å². The van der Waals surface area contributed by atoms with Gasteiger partial charge in [-0.15, -0.1) is 11.3 Å². The van der Waals surface area contributed by atoms with Crippen molar-refractivity contribution in [1.82, 2.24) is 9.88 Å². The number of aromatic carboxylic acids is 1. The Kier molecular flexibility index (Phi) is 3.96. The summed E-state index contributed by atoms with van der Waals surface area (Å²) in [5, 5.41) is 10.8. The van der Waals surface area contributed by atoms with Crippen LogP contribution in [0.1, 0.15) is 35.3 Å². The number of hydrogen-bond donors (Lipinski definition) is 1. The molecule has 2 rings (SSSR count). The second-order valence-electron chi connectivity index (χ2n) is 4.67. The molecular weight excluding hydrogens is 252 g/mol. The molecule has 18 heavy (non-hydrogen) atoms. The molecule has 1 amide bonds. The largest absolute Gasteiger partial charge is 0.476 e. The number of carbonyl (C=O) groups is 2. The quantitative estimate of drug-likeness (QED) is 0.904. The molecule has 6 heteroatoms. The third-order valence-corrected chi connectivity index (χ3v) is 4.06. The van der Waals surface area contributed by atoms with E-state index in [9.17, 15) is 9.59 Å². The van der Waals surface area contributed by atoms with Crippen LogP contribution in [0.2, 0.25) is 0 Å². The number of amides is 1. The van der Waals surface area contributed by atoms with Crippen molar-refractivity contribution in [3.8, 4) is 0 Å². The van der Waals surface area contributed by atoms with Crippen LogP contribution in [0.3, 0.4) is 0 Å². The van der Waals surface area contributed by atoms with Crippen molar-refractivity contribution in [2.45, 2.75) is 26.2 Å². The molecule has 1 saturated heterocycles. The summed E-state index contributed by atoms with van der Waals surface area (Å²) in [4.78, 5) is 28.5. The van der Waals surface area contributed by atoms with Crippen molar-refractivity contribution in [3.05, 3.63) is 16.1 Å². The molecule has 0 unspecified atom stereocenters. The molecular formula is C12H16N2O3S. The van der Waals surface area contributed by atoms with Crippen LogP contribution < -0.4 is 0 Å². The third-order valence-electron chi connectivity index (χ3n) is 3.21. The number of nitrogens with zero attached hydrogens (tertiary/aromatic N) is 2. The lowest BCUT2D eigenvalue weighted by Crippen LogP contribution is -2.38. The summed E-state index contributed by atoms with van der Waals surface area (Å²) >= 11 is 1.23. The van der Waals surface area contributed by atoms with Gasteiger partial charge in [-0.25, -0.2) is 9.78 Å². The molecule has 98 valence electrons. The summed E-state index contributed by atoms with van der Waals surface area (Å²) in [5.41, 5.74) is 0.0232. The van der Waals surface area contributed by atoms with Gasteiger partial charge < -0.3 is 10.0 Å². The fraction of sp³-hybridized carbons (Fsp3) is 0.583. The van der Waals surface area contributed by atoms with E-state index in [1.165, 1.54) is 16.7 Å². The Hall–Kier alpha value is -1.43. The molecule has 1 aliphatic rings. The Morgan fingerprint density at radius 1 is 1.50 bits per heavy atom. The van der Waals surface area contributed by atoms with Gasteiger partial charge in [-0.1, -0.05) is 6.92 Å². The predicted molar refractivity (Wildman–Crippen MR) is 67.8 cm³/mol. The van der Waals surface area contributed by atoms with Gasteiger partial charge in [-0.3, -0.25) is 4.79 Å². The SMILES string of the molecule is CC1CCN(C(=O)Cc2nc(C(=O)O)cs2)CC1. The Morgan fingerprint density at radius 2 is 2.17 bits per heavy atom. The average Bonchev–Trinajstić information content (AvgIpc) is 2.78. The van der Waals surface area contributed by atoms with Crippen LogP contribution in [-0.2, 0) is 11.2 Å². The molecule has 0 aliphatic carbocycles. The van der Waals surface area contributed by atoms with E-state index in [1.807, 2.05) is 4.90 Å². The maximum atomic E-state index is 12.0.